The quantitative estimate of drug-likeness (QED) is 0.792. The molecule has 0 radical (unpaired) electrons. The molecule has 0 aromatic carbocycles. The van der Waals surface area contributed by atoms with Gasteiger partial charge in [0.2, 0.25) is 5.88 Å². The summed E-state index contributed by atoms with van der Waals surface area (Å²) in [5.41, 5.74) is 6.57. The molecule has 1 heterocycles. The second-order valence-electron chi connectivity index (χ2n) is 5.54. The zero-order chi connectivity index (χ0) is 13.8. The standard InChI is InChI=1S/C14H24N4O/c1-4-11(7-10-5-6-10)18-13-12(15)14(17-8-16-13)19-9(2)3/h8-11H,4-7,15H2,1-3H3,(H,16,17,18). The highest BCUT2D eigenvalue weighted by atomic mass is 16.5. The maximum absolute atomic E-state index is 6.07. The predicted octanol–water partition coefficient (Wildman–Crippen LogP) is 2.84. The molecule has 5 heteroatoms. The number of hydrogen-bond donors (Lipinski definition) is 2. The Morgan fingerprint density at radius 2 is 2.16 bits per heavy atom. The first-order chi connectivity index (χ1) is 9.10. The fourth-order valence-corrected chi connectivity index (χ4v) is 2.09. The Hall–Kier alpha value is -1.52. The van der Waals surface area contributed by atoms with Crippen LogP contribution >= 0.6 is 0 Å². The summed E-state index contributed by atoms with van der Waals surface area (Å²) in [4.78, 5) is 8.32. The van der Waals surface area contributed by atoms with E-state index >= 15 is 0 Å². The van der Waals surface area contributed by atoms with Crippen LogP contribution in [0.4, 0.5) is 11.5 Å². The van der Waals surface area contributed by atoms with Crippen molar-refractivity contribution in [2.24, 2.45) is 5.92 Å². The van der Waals surface area contributed by atoms with Crippen LogP contribution in [0.1, 0.15) is 46.5 Å². The highest BCUT2D eigenvalue weighted by Crippen LogP contribution is 2.35. The molecule has 0 aliphatic heterocycles. The SMILES string of the molecule is CCC(CC1CC1)Nc1ncnc(OC(C)C)c1N. The second kappa shape index (κ2) is 6.08. The molecule has 0 bridgehead atoms. The summed E-state index contributed by atoms with van der Waals surface area (Å²) in [6, 6.07) is 0.427. The Morgan fingerprint density at radius 3 is 2.74 bits per heavy atom. The van der Waals surface area contributed by atoms with Crippen molar-refractivity contribution in [1.82, 2.24) is 9.97 Å². The highest BCUT2D eigenvalue weighted by molar-refractivity contribution is 5.66. The fraction of sp³-hybridized carbons (Fsp3) is 0.714. The summed E-state index contributed by atoms with van der Waals surface area (Å²) in [7, 11) is 0. The molecule has 19 heavy (non-hydrogen) atoms. The number of nitrogens with zero attached hydrogens (tertiary/aromatic N) is 2. The molecular weight excluding hydrogens is 240 g/mol. The number of rotatable bonds is 7. The van der Waals surface area contributed by atoms with Crippen LogP contribution in [0.15, 0.2) is 6.33 Å². The maximum Gasteiger partial charge on any atom is 0.242 e. The number of nitrogen functional groups attached to an aromatic ring is 1. The Bertz CT molecular complexity index is 418. The first kappa shape index (κ1) is 13.9. The first-order valence-corrected chi connectivity index (χ1v) is 7.13. The Kier molecular flexibility index (Phi) is 4.45. The lowest BCUT2D eigenvalue weighted by molar-refractivity contribution is 0.234. The molecule has 1 unspecified atom stereocenters. The largest absolute Gasteiger partial charge is 0.473 e. The van der Waals surface area contributed by atoms with Crippen LogP contribution in [0.5, 0.6) is 5.88 Å². The number of nitrogens with two attached hydrogens (primary N) is 1. The van der Waals surface area contributed by atoms with Gasteiger partial charge in [0.25, 0.3) is 0 Å². The molecule has 1 aromatic heterocycles. The number of aromatic nitrogens is 2. The number of nitrogens with one attached hydrogen (secondary N) is 1. The molecule has 1 fully saturated rings. The average molecular weight is 264 g/mol. The van der Waals surface area contributed by atoms with Gasteiger partial charge in [-0.2, -0.15) is 4.98 Å². The first-order valence-electron chi connectivity index (χ1n) is 7.13. The van der Waals surface area contributed by atoms with Gasteiger partial charge in [0.1, 0.15) is 12.0 Å². The fourth-order valence-electron chi connectivity index (χ4n) is 2.09. The minimum absolute atomic E-state index is 0.0542. The molecule has 2 rings (SSSR count). The molecule has 5 nitrogen and oxygen atoms in total. The minimum Gasteiger partial charge on any atom is -0.473 e. The van der Waals surface area contributed by atoms with Crippen molar-refractivity contribution in [3.05, 3.63) is 6.33 Å². The van der Waals surface area contributed by atoms with Gasteiger partial charge in [0.05, 0.1) is 6.10 Å². The third-order valence-corrected chi connectivity index (χ3v) is 3.34. The molecule has 0 amide bonds. The third-order valence-electron chi connectivity index (χ3n) is 3.34. The van der Waals surface area contributed by atoms with Crippen LogP contribution in [0.3, 0.4) is 0 Å². The van der Waals surface area contributed by atoms with Gasteiger partial charge in [-0.1, -0.05) is 19.8 Å². The van der Waals surface area contributed by atoms with E-state index in [1.54, 1.807) is 0 Å². The molecule has 1 atom stereocenters. The monoisotopic (exact) mass is 264 g/mol. The average Bonchev–Trinajstić information content (AvgIpc) is 3.16. The van der Waals surface area contributed by atoms with E-state index in [-0.39, 0.29) is 6.10 Å². The topological polar surface area (TPSA) is 73.1 Å². The molecule has 0 spiro atoms. The second-order valence-corrected chi connectivity index (χ2v) is 5.54. The third kappa shape index (κ3) is 3.98. The van der Waals surface area contributed by atoms with Crippen molar-refractivity contribution >= 4 is 11.5 Å². The van der Waals surface area contributed by atoms with Crippen LogP contribution in [0.2, 0.25) is 0 Å². The van der Waals surface area contributed by atoms with Gasteiger partial charge in [-0.05, 0) is 32.6 Å². The summed E-state index contributed by atoms with van der Waals surface area (Å²) in [5.74, 6) is 2.04. The molecule has 1 saturated carbocycles. The van der Waals surface area contributed by atoms with Gasteiger partial charge >= 0.3 is 0 Å². The number of hydrogen-bond acceptors (Lipinski definition) is 5. The highest BCUT2D eigenvalue weighted by Gasteiger charge is 2.25. The molecule has 106 valence electrons. The zero-order valence-corrected chi connectivity index (χ0v) is 12.0. The van der Waals surface area contributed by atoms with E-state index < -0.39 is 0 Å². The predicted molar refractivity (Wildman–Crippen MR) is 77.3 cm³/mol. The lowest BCUT2D eigenvalue weighted by Gasteiger charge is -2.19. The number of anilines is 2. The van der Waals surface area contributed by atoms with Crippen LogP contribution in [-0.4, -0.2) is 22.1 Å². The molecule has 1 aromatic rings. The summed E-state index contributed by atoms with van der Waals surface area (Å²) >= 11 is 0. The molecule has 3 N–H and O–H groups in total. The maximum atomic E-state index is 6.07. The van der Waals surface area contributed by atoms with Gasteiger partial charge in [-0.25, -0.2) is 4.98 Å². The summed E-state index contributed by atoms with van der Waals surface area (Å²) in [6.45, 7) is 6.09. The normalized spacial score (nSPS) is 16.4. The van der Waals surface area contributed by atoms with Crippen molar-refractivity contribution in [1.29, 1.82) is 0 Å². The van der Waals surface area contributed by atoms with Crippen molar-refractivity contribution < 1.29 is 4.74 Å². The van der Waals surface area contributed by atoms with Crippen LogP contribution in [0, 0.1) is 5.92 Å². The van der Waals surface area contributed by atoms with Crippen molar-refractivity contribution in [3.8, 4) is 5.88 Å². The van der Waals surface area contributed by atoms with Crippen LogP contribution in [-0.2, 0) is 0 Å². The Balaban J connectivity index is 2.05. The molecule has 1 aliphatic rings. The van der Waals surface area contributed by atoms with Crippen LogP contribution in [0.25, 0.3) is 0 Å². The lowest BCUT2D eigenvalue weighted by atomic mass is 10.1. The minimum atomic E-state index is 0.0542. The van der Waals surface area contributed by atoms with E-state index in [1.807, 2.05) is 13.8 Å². The zero-order valence-electron chi connectivity index (χ0n) is 12.0. The van der Waals surface area contributed by atoms with Crippen LogP contribution < -0.4 is 15.8 Å². The number of ether oxygens (including phenoxy) is 1. The van der Waals surface area contributed by atoms with Crippen molar-refractivity contribution in [2.45, 2.75) is 58.6 Å². The van der Waals surface area contributed by atoms with Crippen molar-refractivity contribution in [3.63, 3.8) is 0 Å². The van der Waals surface area contributed by atoms with Crippen molar-refractivity contribution in [2.75, 3.05) is 11.1 Å². The van der Waals surface area contributed by atoms with Gasteiger partial charge in [0.15, 0.2) is 5.82 Å². The summed E-state index contributed by atoms with van der Waals surface area (Å²) < 4.78 is 5.58. The lowest BCUT2D eigenvalue weighted by Crippen LogP contribution is -2.21. The van der Waals surface area contributed by atoms with Gasteiger partial charge in [-0.3, -0.25) is 0 Å². The van der Waals surface area contributed by atoms with E-state index in [2.05, 4.69) is 22.2 Å². The van der Waals surface area contributed by atoms with E-state index in [0.717, 1.165) is 12.3 Å². The summed E-state index contributed by atoms with van der Waals surface area (Å²) in [5, 5.41) is 3.43. The Morgan fingerprint density at radius 1 is 1.42 bits per heavy atom. The molecule has 0 saturated heterocycles. The van der Waals surface area contributed by atoms with E-state index in [0.29, 0.717) is 23.4 Å². The van der Waals surface area contributed by atoms with E-state index in [4.69, 9.17) is 10.5 Å². The molecular formula is C14H24N4O. The van der Waals surface area contributed by atoms with Gasteiger partial charge in [0, 0.05) is 6.04 Å². The molecule has 1 aliphatic carbocycles. The van der Waals surface area contributed by atoms with Gasteiger partial charge < -0.3 is 15.8 Å². The van der Waals surface area contributed by atoms with Gasteiger partial charge in [-0.15, -0.1) is 0 Å². The van der Waals surface area contributed by atoms with E-state index in [9.17, 15) is 0 Å². The van der Waals surface area contributed by atoms with E-state index in [1.165, 1.54) is 25.6 Å². The Labute approximate surface area is 115 Å². The summed E-state index contributed by atoms with van der Waals surface area (Å²) in [6.07, 6.45) is 6.54. The smallest absolute Gasteiger partial charge is 0.242 e.